The lowest BCUT2D eigenvalue weighted by molar-refractivity contribution is -0.120. The number of hydrogen-bond donors (Lipinski definition) is 1. The number of amides is 1. The number of likely N-dealkylation sites (N-methyl/N-ethyl adjacent to an activating group) is 1. The summed E-state index contributed by atoms with van der Waals surface area (Å²) in [6, 6.07) is 5.17. The second-order valence-electron chi connectivity index (χ2n) is 4.57. The Labute approximate surface area is 118 Å². The van der Waals surface area contributed by atoms with E-state index in [-0.39, 0.29) is 18.5 Å². The maximum Gasteiger partial charge on any atom is 0.239 e. The third-order valence-electron chi connectivity index (χ3n) is 2.61. The lowest BCUT2D eigenvalue weighted by atomic mass is 10.2. The maximum atomic E-state index is 11.8. The molecule has 1 aromatic rings. The quantitative estimate of drug-likeness (QED) is 0.816. The van der Waals surface area contributed by atoms with Crippen LogP contribution in [0.1, 0.15) is 31.1 Å². The van der Waals surface area contributed by atoms with Crippen LogP contribution in [0.15, 0.2) is 18.2 Å². The van der Waals surface area contributed by atoms with Gasteiger partial charge in [-0.2, -0.15) is 0 Å². The van der Waals surface area contributed by atoms with Crippen LogP contribution in [0.25, 0.3) is 0 Å². The second-order valence-corrected chi connectivity index (χ2v) is 4.97. The average Bonchev–Trinajstić information content (AvgIpc) is 2.35. The van der Waals surface area contributed by atoms with E-state index in [9.17, 15) is 9.59 Å². The fourth-order valence-electron chi connectivity index (χ4n) is 1.76. The molecule has 0 aliphatic carbocycles. The van der Waals surface area contributed by atoms with Crippen molar-refractivity contribution in [1.82, 2.24) is 5.32 Å². The highest BCUT2D eigenvalue weighted by molar-refractivity contribution is 6.33. The monoisotopic (exact) mass is 282 g/mol. The zero-order valence-electron chi connectivity index (χ0n) is 11.4. The number of anilines is 1. The van der Waals surface area contributed by atoms with E-state index < -0.39 is 0 Å². The van der Waals surface area contributed by atoms with Gasteiger partial charge in [-0.25, -0.2) is 0 Å². The molecule has 0 heterocycles. The fraction of sp³-hybridized carbons (Fsp3) is 0.429. The minimum atomic E-state index is -0.0487. The molecule has 5 heteroatoms. The summed E-state index contributed by atoms with van der Waals surface area (Å²) in [6.07, 6.45) is 0.747. The number of nitrogens with zero attached hydrogens (tertiary/aromatic N) is 1. The Morgan fingerprint density at radius 3 is 2.63 bits per heavy atom. The van der Waals surface area contributed by atoms with Crippen molar-refractivity contribution in [2.45, 2.75) is 26.8 Å². The highest BCUT2D eigenvalue weighted by Gasteiger charge is 2.13. The first-order valence-electron chi connectivity index (χ1n) is 6.27. The van der Waals surface area contributed by atoms with Crippen molar-refractivity contribution in [2.24, 2.45) is 0 Å². The molecule has 0 saturated carbocycles. The Bertz CT molecular complexity index is 461. The van der Waals surface area contributed by atoms with Crippen molar-refractivity contribution in [3.8, 4) is 0 Å². The van der Waals surface area contributed by atoms with E-state index in [1.54, 1.807) is 18.2 Å². The van der Waals surface area contributed by atoms with Gasteiger partial charge in [0.15, 0.2) is 0 Å². The lowest BCUT2D eigenvalue weighted by Gasteiger charge is -2.24. The summed E-state index contributed by atoms with van der Waals surface area (Å²) in [5, 5.41) is 3.32. The number of hydrogen-bond acceptors (Lipinski definition) is 3. The van der Waals surface area contributed by atoms with Gasteiger partial charge < -0.3 is 10.2 Å². The minimum Gasteiger partial charge on any atom is -0.361 e. The summed E-state index contributed by atoms with van der Waals surface area (Å²) in [5.41, 5.74) is 1.28. The van der Waals surface area contributed by atoms with Crippen molar-refractivity contribution in [3.05, 3.63) is 28.8 Å². The van der Waals surface area contributed by atoms with Crippen LogP contribution in [0.3, 0.4) is 0 Å². The zero-order chi connectivity index (χ0) is 14.4. The predicted molar refractivity (Wildman–Crippen MR) is 78.0 cm³/mol. The van der Waals surface area contributed by atoms with E-state index in [4.69, 9.17) is 11.6 Å². The summed E-state index contributed by atoms with van der Waals surface area (Å²) in [6.45, 7) is 6.69. The lowest BCUT2D eigenvalue weighted by Crippen LogP contribution is -2.40. The van der Waals surface area contributed by atoms with Crippen LogP contribution >= 0.6 is 11.6 Å². The molecule has 0 saturated heterocycles. The number of carbonyl (C=O) groups is 2. The first kappa shape index (κ1) is 15.5. The van der Waals surface area contributed by atoms with E-state index in [0.29, 0.717) is 17.1 Å². The second kappa shape index (κ2) is 7.14. The van der Waals surface area contributed by atoms with E-state index in [1.165, 1.54) is 0 Å². The third-order valence-corrected chi connectivity index (χ3v) is 2.92. The number of aldehydes is 1. The molecular formula is C14H19ClN2O2. The Balaban J connectivity index is 2.85. The van der Waals surface area contributed by atoms with Gasteiger partial charge in [0.1, 0.15) is 6.29 Å². The maximum absolute atomic E-state index is 11.8. The normalized spacial score (nSPS) is 10.4. The highest BCUT2D eigenvalue weighted by atomic mass is 35.5. The van der Waals surface area contributed by atoms with E-state index >= 15 is 0 Å². The van der Waals surface area contributed by atoms with Gasteiger partial charge in [-0.1, -0.05) is 11.6 Å². The molecule has 0 fully saturated rings. The molecule has 19 heavy (non-hydrogen) atoms. The van der Waals surface area contributed by atoms with Gasteiger partial charge in [-0.3, -0.25) is 9.59 Å². The van der Waals surface area contributed by atoms with Crippen molar-refractivity contribution < 1.29 is 9.59 Å². The molecule has 0 spiro atoms. The van der Waals surface area contributed by atoms with Gasteiger partial charge in [-0.05, 0) is 39.0 Å². The van der Waals surface area contributed by atoms with Gasteiger partial charge in [0, 0.05) is 18.2 Å². The first-order chi connectivity index (χ1) is 8.97. The zero-order valence-corrected chi connectivity index (χ0v) is 12.2. The van der Waals surface area contributed by atoms with Crippen LogP contribution in [0, 0.1) is 0 Å². The summed E-state index contributed by atoms with van der Waals surface area (Å²) >= 11 is 6.14. The topological polar surface area (TPSA) is 49.4 Å². The van der Waals surface area contributed by atoms with Crippen molar-refractivity contribution in [3.63, 3.8) is 0 Å². The van der Waals surface area contributed by atoms with Crippen LogP contribution < -0.4 is 10.2 Å². The van der Waals surface area contributed by atoms with Crippen molar-refractivity contribution in [1.29, 1.82) is 0 Å². The molecule has 1 aromatic carbocycles. The number of nitrogens with one attached hydrogen (secondary N) is 1. The van der Waals surface area contributed by atoms with E-state index in [0.717, 1.165) is 12.0 Å². The number of rotatable bonds is 6. The SMILES string of the molecule is CCN(CC(=O)NC(C)C)c1ccc(C=O)cc1Cl. The molecule has 0 aromatic heterocycles. The fourth-order valence-corrected chi connectivity index (χ4v) is 2.07. The minimum absolute atomic E-state index is 0.0487. The molecule has 1 amide bonds. The number of benzene rings is 1. The van der Waals surface area contributed by atoms with Crippen LogP contribution in [-0.4, -0.2) is 31.3 Å². The van der Waals surface area contributed by atoms with Crippen molar-refractivity contribution >= 4 is 29.5 Å². The molecule has 0 bridgehead atoms. The first-order valence-corrected chi connectivity index (χ1v) is 6.64. The Kier molecular flexibility index (Phi) is 5.83. The predicted octanol–water partition coefficient (Wildman–Crippen LogP) is 2.50. The van der Waals surface area contributed by atoms with Crippen LogP contribution in [0.5, 0.6) is 0 Å². The summed E-state index contributed by atoms with van der Waals surface area (Å²) in [7, 11) is 0. The summed E-state index contributed by atoms with van der Waals surface area (Å²) in [4.78, 5) is 24.3. The molecule has 1 rings (SSSR count). The summed E-state index contributed by atoms with van der Waals surface area (Å²) in [5.74, 6) is -0.0487. The molecule has 1 N–H and O–H groups in total. The number of carbonyl (C=O) groups excluding carboxylic acids is 2. The van der Waals surface area contributed by atoms with E-state index in [2.05, 4.69) is 5.32 Å². The molecule has 104 valence electrons. The average molecular weight is 283 g/mol. The molecule has 0 radical (unpaired) electrons. The highest BCUT2D eigenvalue weighted by Crippen LogP contribution is 2.26. The molecular weight excluding hydrogens is 264 g/mol. The molecule has 4 nitrogen and oxygen atoms in total. The Morgan fingerprint density at radius 1 is 1.47 bits per heavy atom. The van der Waals surface area contributed by atoms with Gasteiger partial charge >= 0.3 is 0 Å². The Morgan fingerprint density at radius 2 is 2.16 bits per heavy atom. The van der Waals surface area contributed by atoms with Gasteiger partial charge in [0.25, 0.3) is 0 Å². The Hall–Kier alpha value is -1.55. The largest absolute Gasteiger partial charge is 0.361 e. The van der Waals surface area contributed by atoms with Crippen molar-refractivity contribution in [2.75, 3.05) is 18.0 Å². The van der Waals surface area contributed by atoms with Gasteiger partial charge in [0.2, 0.25) is 5.91 Å². The van der Waals surface area contributed by atoms with Gasteiger partial charge in [0.05, 0.1) is 17.3 Å². The van der Waals surface area contributed by atoms with Crippen LogP contribution in [-0.2, 0) is 4.79 Å². The van der Waals surface area contributed by atoms with E-state index in [1.807, 2.05) is 25.7 Å². The molecule has 0 aliphatic rings. The van der Waals surface area contributed by atoms with Crippen LogP contribution in [0.2, 0.25) is 5.02 Å². The van der Waals surface area contributed by atoms with Crippen LogP contribution in [0.4, 0.5) is 5.69 Å². The smallest absolute Gasteiger partial charge is 0.239 e. The molecule has 0 unspecified atom stereocenters. The molecule has 0 aliphatic heterocycles. The summed E-state index contributed by atoms with van der Waals surface area (Å²) < 4.78 is 0. The standard InChI is InChI=1S/C14H19ClN2O2/c1-4-17(8-14(19)16-10(2)3)13-6-5-11(9-18)7-12(13)15/h5-7,9-10H,4,8H2,1-3H3,(H,16,19). The number of halogens is 1. The van der Waals surface area contributed by atoms with Gasteiger partial charge in [-0.15, -0.1) is 0 Å². The molecule has 0 atom stereocenters. The third kappa shape index (κ3) is 4.56.